The summed E-state index contributed by atoms with van der Waals surface area (Å²) in [6.45, 7) is -0.604. The van der Waals surface area contributed by atoms with Crippen LogP contribution in [0.25, 0.3) is 11.1 Å². The zero-order chi connectivity index (χ0) is 28.3. The fourth-order valence-corrected chi connectivity index (χ4v) is 6.72. The molecule has 3 aromatic rings. The summed E-state index contributed by atoms with van der Waals surface area (Å²) in [5, 5.41) is 19.2. The number of fused-ring (bicyclic) bond motifs is 3. The zero-order valence-corrected chi connectivity index (χ0v) is 22.8. The number of allylic oxidation sites excluding steroid dienone is 1. The van der Waals surface area contributed by atoms with Gasteiger partial charge in [-0.05, 0) is 64.6 Å². The second-order valence-electron chi connectivity index (χ2n) is 9.61. The molecule has 5 rings (SSSR count). The molecule has 2 aliphatic rings. The Hall–Kier alpha value is -3.70. The van der Waals surface area contributed by atoms with Gasteiger partial charge in [0.2, 0.25) is 22.1 Å². The van der Waals surface area contributed by atoms with Gasteiger partial charge in [-0.25, -0.2) is 13.2 Å². The van der Waals surface area contributed by atoms with Crippen molar-refractivity contribution in [2.45, 2.75) is 29.9 Å². The maximum absolute atomic E-state index is 13.2. The van der Waals surface area contributed by atoms with E-state index in [0.29, 0.717) is 12.2 Å². The molecule has 2 atom stereocenters. The Kier molecular flexibility index (Phi) is 8.22. The van der Waals surface area contributed by atoms with Crippen molar-refractivity contribution in [3.8, 4) is 16.9 Å². The minimum atomic E-state index is -3.91. The van der Waals surface area contributed by atoms with E-state index in [1.165, 1.54) is 30.4 Å². The van der Waals surface area contributed by atoms with Crippen molar-refractivity contribution in [2.75, 3.05) is 33.4 Å². The Bertz CT molecular complexity index is 1520. The monoisotopic (exact) mass is 565 g/mol. The SMILES string of the molecule is COc1ccc(S(=O)(=O)N(CCO)CCOC2CC(c3cccc4c3Cc3ccccc3-4)C=C(C(=O)O)O2)cc1. The summed E-state index contributed by atoms with van der Waals surface area (Å²) < 4.78 is 44.1. The number of carboxylic acid groups (broad SMARTS) is 1. The molecule has 1 heterocycles. The highest BCUT2D eigenvalue weighted by atomic mass is 32.2. The van der Waals surface area contributed by atoms with Crippen molar-refractivity contribution in [1.82, 2.24) is 4.31 Å². The number of hydrogen-bond donors (Lipinski definition) is 2. The number of ether oxygens (including phenoxy) is 3. The minimum Gasteiger partial charge on any atom is -0.497 e. The van der Waals surface area contributed by atoms with Gasteiger partial charge in [0, 0.05) is 25.4 Å². The molecule has 0 saturated carbocycles. The highest BCUT2D eigenvalue weighted by molar-refractivity contribution is 7.89. The largest absolute Gasteiger partial charge is 0.497 e. The number of benzene rings is 3. The maximum Gasteiger partial charge on any atom is 0.370 e. The van der Waals surface area contributed by atoms with Gasteiger partial charge in [-0.2, -0.15) is 4.31 Å². The summed E-state index contributed by atoms with van der Waals surface area (Å²) in [5.41, 5.74) is 5.74. The fourth-order valence-electron chi connectivity index (χ4n) is 5.30. The quantitative estimate of drug-likeness (QED) is 0.282. The van der Waals surface area contributed by atoms with E-state index in [1.54, 1.807) is 18.2 Å². The number of aliphatic hydroxyl groups is 1. The third-order valence-corrected chi connectivity index (χ3v) is 9.16. The molecule has 9 nitrogen and oxygen atoms in total. The molecule has 0 spiro atoms. The molecule has 2 N–H and O–H groups in total. The number of methoxy groups -OCH3 is 1. The van der Waals surface area contributed by atoms with Crippen molar-refractivity contribution in [2.24, 2.45) is 0 Å². The molecule has 0 amide bonds. The van der Waals surface area contributed by atoms with Gasteiger partial charge in [0.1, 0.15) is 5.75 Å². The molecule has 0 saturated heterocycles. The van der Waals surface area contributed by atoms with Gasteiger partial charge in [-0.15, -0.1) is 0 Å². The predicted octanol–water partition coefficient (Wildman–Crippen LogP) is 3.76. The van der Waals surface area contributed by atoms with Crippen LogP contribution in [0.3, 0.4) is 0 Å². The Balaban J connectivity index is 1.31. The molecule has 0 aromatic heterocycles. The highest BCUT2D eigenvalue weighted by Gasteiger charge is 2.32. The number of hydrogen-bond acceptors (Lipinski definition) is 7. The normalized spacial score (nSPS) is 18.0. The number of nitrogens with zero attached hydrogens (tertiary/aromatic N) is 1. The van der Waals surface area contributed by atoms with E-state index in [2.05, 4.69) is 18.2 Å². The topological polar surface area (TPSA) is 123 Å². The van der Waals surface area contributed by atoms with Gasteiger partial charge in [0.25, 0.3) is 0 Å². The molecule has 1 aliphatic heterocycles. The summed E-state index contributed by atoms with van der Waals surface area (Å²) in [5.74, 6) is -1.13. The van der Waals surface area contributed by atoms with Crippen LogP contribution in [-0.2, 0) is 30.7 Å². The van der Waals surface area contributed by atoms with Gasteiger partial charge >= 0.3 is 5.97 Å². The zero-order valence-electron chi connectivity index (χ0n) is 22.0. The van der Waals surface area contributed by atoms with Crippen molar-refractivity contribution in [3.05, 3.63) is 95.3 Å². The fraction of sp³-hybridized carbons (Fsp3) is 0.300. The number of sulfonamides is 1. The van der Waals surface area contributed by atoms with Gasteiger partial charge < -0.3 is 24.4 Å². The van der Waals surface area contributed by atoms with E-state index in [9.17, 15) is 23.4 Å². The average Bonchev–Trinajstić information content (AvgIpc) is 3.35. The van der Waals surface area contributed by atoms with Crippen LogP contribution in [0.15, 0.2) is 83.5 Å². The van der Waals surface area contributed by atoms with E-state index in [4.69, 9.17) is 14.2 Å². The Labute approximate surface area is 233 Å². The number of rotatable bonds is 11. The number of carboxylic acids is 1. The second-order valence-corrected chi connectivity index (χ2v) is 11.5. The van der Waals surface area contributed by atoms with Gasteiger partial charge in [0.05, 0.1) is 25.2 Å². The van der Waals surface area contributed by atoms with E-state index < -0.39 is 22.3 Å². The van der Waals surface area contributed by atoms with Crippen molar-refractivity contribution in [3.63, 3.8) is 0 Å². The third kappa shape index (κ3) is 5.62. The predicted molar refractivity (Wildman–Crippen MR) is 147 cm³/mol. The van der Waals surface area contributed by atoms with Gasteiger partial charge in [-0.1, -0.05) is 42.5 Å². The van der Waals surface area contributed by atoms with Crippen LogP contribution in [0.1, 0.15) is 29.0 Å². The molecule has 2 unspecified atom stereocenters. The van der Waals surface area contributed by atoms with E-state index >= 15 is 0 Å². The third-order valence-electron chi connectivity index (χ3n) is 7.25. The van der Waals surface area contributed by atoms with Crippen LogP contribution in [0, 0.1) is 0 Å². The first-order valence-corrected chi connectivity index (χ1v) is 14.4. The first-order valence-electron chi connectivity index (χ1n) is 13.0. The molecule has 0 bridgehead atoms. The van der Waals surface area contributed by atoms with Crippen LogP contribution in [-0.4, -0.2) is 68.6 Å². The molecule has 0 radical (unpaired) electrons. The van der Waals surface area contributed by atoms with Crippen molar-refractivity contribution in [1.29, 1.82) is 0 Å². The molecular formula is C30H31NO8S. The summed E-state index contributed by atoms with van der Waals surface area (Å²) in [6.07, 6.45) is 1.86. The Morgan fingerprint density at radius 3 is 2.50 bits per heavy atom. The molecule has 40 heavy (non-hydrogen) atoms. The molecule has 0 fully saturated rings. The maximum atomic E-state index is 13.2. The molecule has 10 heteroatoms. The molecule has 1 aliphatic carbocycles. The molecular weight excluding hydrogens is 534 g/mol. The standard InChI is InChI=1S/C30H31NO8S/c1-37-22-9-11-23(12-10-22)40(35,36)31(13-15-32)14-16-38-29-19-21(18-28(39-29)30(33)34)25-7-4-8-26-24-6-3-2-5-20(24)17-27(25)26/h2-12,18,21,29,32H,13-17,19H2,1H3,(H,33,34). The van der Waals surface area contributed by atoms with E-state index in [0.717, 1.165) is 27.4 Å². The minimum absolute atomic E-state index is 0.0540. The molecule has 210 valence electrons. The Morgan fingerprint density at radius 2 is 1.77 bits per heavy atom. The van der Waals surface area contributed by atoms with Crippen LogP contribution < -0.4 is 4.74 Å². The van der Waals surface area contributed by atoms with Crippen LogP contribution >= 0.6 is 0 Å². The number of aliphatic carboxylic acids is 1. The lowest BCUT2D eigenvalue weighted by atomic mass is 9.87. The second kappa shape index (κ2) is 11.8. The summed E-state index contributed by atoms with van der Waals surface area (Å²) in [4.78, 5) is 12.0. The van der Waals surface area contributed by atoms with E-state index in [-0.39, 0.29) is 42.9 Å². The van der Waals surface area contributed by atoms with Crippen molar-refractivity contribution < 1.29 is 37.6 Å². The van der Waals surface area contributed by atoms with E-state index in [1.807, 2.05) is 24.3 Å². The lowest BCUT2D eigenvalue weighted by Crippen LogP contribution is -2.37. The van der Waals surface area contributed by atoms with Gasteiger partial charge in [0.15, 0.2) is 0 Å². The summed E-state index contributed by atoms with van der Waals surface area (Å²) >= 11 is 0. The first kappa shape index (κ1) is 27.9. The number of carbonyl (C=O) groups is 1. The van der Waals surface area contributed by atoms with Crippen LogP contribution in [0.4, 0.5) is 0 Å². The Morgan fingerprint density at radius 1 is 1.02 bits per heavy atom. The van der Waals surface area contributed by atoms with Crippen LogP contribution in [0.5, 0.6) is 5.75 Å². The van der Waals surface area contributed by atoms with Crippen molar-refractivity contribution >= 4 is 16.0 Å². The lowest BCUT2D eigenvalue weighted by molar-refractivity contribution is -0.157. The molecule has 3 aromatic carbocycles. The lowest BCUT2D eigenvalue weighted by Gasteiger charge is -2.30. The highest BCUT2D eigenvalue weighted by Crippen LogP contribution is 2.42. The summed E-state index contributed by atoms with van der Waals surface area (Å²) in [6, 6.07) is 20.3. The average molecular weight is 566 g/mol. The first-order chi connectivity index (χ1) is 19.3. The summed E-state index contributed by atoms with van der Waals surface area (Å²) in [7, 11) is -2.42. The number of aliphatic hydroxyl groups excluding tert-OH is 1. The smallest absolute Gasteiger partial charge is 0.370 e. The van der Waals surface area contributed by atoms with Gasteiger partial charge in [-0.3, -0.25) is 0 Å². The van der Waals surface area contributed by atoms with Crippen LogP contribution in [0.2, 0.25) is 0 Å².